The van der Waals surface area contributed by atoms with Gasteiger partial charge >= 0.3 is 0 Å². The Kier molecular flexibility index (Phi) is 3.73. The average molecular weight is 289 g/mol. The van der Waals surface area contributed by atoms with Crippen molar-refractivity contribution in [3.8, 4) is 0 Å². The third kappa shape index (κ3) is 2.34. The lowest BCUT2D eigenvalue weighted by atomic mass is 10.1. The van der Waals surface area contributed by atoms with Crippen LogP contribution in [0.1, 0.15) is 23.9 Å². The van der Waals surface area contributed by atoms with E-state index in [0.29, 0.717) is 29.2 Å². The van der Waals surface area contributed by atoms with Crippen LogP contribution in [0.5, 0.6) is 0 Å². The van der Waals surface area contributed by atoms with Gasteiger partial charge in [-0.2, -0.15) is 0 Å². The molecular formula is C10H13BrN2O3. The zero-order valence-corrected chi connectivity index (χ0v) is 10.5. The van der Waals surface area contributed by atoms with Crippen molar-refractivity contribution in [2.45, 2.75) is 18.9 Å². The summed E-state index contributed by atoms with van der Waals surface area (Å²) >= 11 is 3.21. The molecule has 1 aliphatic rings. The monoisotopic (exact) mass is 288 g/mol. The smallest absolute Gasteiger partial charge is 0.265 e. The summed E-state index contributed by atoms with van der Waals surface area (Å²) in [7, 11) is 1.58. The second kappa shape index (κ2) is 5.07. The van der Waals surface area contributed by atoms with Crippen molar-refractivity contribution in [2.24, 2.45) is 0 Å². The van der Waals surface area contributed by atoms with Gasteiger partial charge in [-0.1, -0.05) is 0 Å². The maximum Gasteiger partial charge on any atom is 0.265 e. The van der Waals surface area contributed by atoms with Crippen LogP contribution in [-0.2, 0) is 16.1 Å². The van der Waals surface area contributed by atoms with Gasteiger partial charge in [0.2, 0.25) is 0 Å². The SMILES string of the molecule is COCc1nc(C2CCOC2)[nH]c(=O)c1Br. The maximum absolute atomic E-state index is 11.7. The van der Waals surface area contributed by atoms with Crippen LogP contribution in [0.15, 0.2) is 9.27 Å². The second-order valence-corrected chi connectivity index (χ2v) is 4.50. The van der Waals surface area contributed by atoms with Gasteiger partial charge in [-0.15, -0.1) is 0 Å². The van der Waals surface area contributed by atoms with Crippen molar-refractivity contribution in [3.63, 3.8) is 0 Å². The van der Waals surface area contributed by atoms with E-state index in [0.717, 1.165) is 13.0 Å². The summed E-state index contributed by atoms with van der Waals surface area (Å²) in [5.41, 5.74) is 0.470. The Labute approximate surface area is 101 Å². The Balaban J connectivity index is 2.35. The van der Waals surface area contributed by atoms with Crippen LogP contribution in [-0.4, -0.2) is 30.3 Å². The minimum Gasteiger partial charge on any atom is -0.381 e. The number of ether oxygens (including phenoxy) is 2. The first-order valence-electron chi connectivity index (χ1n) is 5.07. The van der Waals surface area contributed by atoms with E-state index in [1.165, 1.54) is 0 Å². The Morgan fingerprint density at radius 1 is 1.69 bits per heavy atom. The molecule has 1 fully saturated rings. The predicted molar refractivity (Wildman–Crippen MR) is 61.4 cm³/mol. The highest BCUT2D eigenvalue weighted by Gasteiger charge is 2.21. The van der Waals surface area contributed by atoms with Crippen molar-refractivity contribution in [2.75, 3.05) is 20.3 Å². The highest BCUT2D eigenvalue weighted by atomic mass is 79.9. The number of nitrogens with zero attached hydrogens (tertiary/aromatic N) is 1. The highest BCUT2D eigenvalue weighted by molar-refractivity contribution is 9.10. The number of rotatable bonds is 3. The molecule has 2 heterocycles. The molecule has 1 aliphatic heterocycles. The highest BCUT2D eigenvalue weighted by Crippen LogP contribution is 2.22. The number of methoxy groups -OCH3 is 1. The Morgan fingerprint density at radius 2 is 2.50 bits per heavy atom. The van der Waals surface area contributed by atoms with E-state index in [4.69, 9.17) is 9.47 Å². The summed E-state index contributed by atoms with van der Waals surface area (Å²) in [5.74, 6) is 0.883. The number of halogens is 1. The van der Waals surface area contributed by atoms with Crippen LogP contribution in [0.4, 0.5) is 0 Å². The third-order valence-corrected chi connectivity index (χ3v) is 3.36. The van der Waals surface area contributed by atoms with Crippen molar-refractivity contribution in [3.05, 3.63) is 26.3 Å². The van der Waals surface area contributed by atoms with Gasteiger partial charge in [-0.3, -0.25) is 4.79 Å². The summed E-state index contributed by atoms with van der Waals surface area (Å²) in [4.78, 5) is 18.8. The lowest BCUT2D eigenvalue weighted by molar-refractivity contribution is 0.179. The first kappa shape index (κ1) is 11.8. The molecule has 5 nitrogen and oxygen atoms in total. The van der Waals surface area contributed by atoms with Gasteiger partial charge < -0.3 is 14.5 Å². The summed E-state index contributed by atoms with van der Waals surface area (Å²) in [6.07, 6.45) is 0.900. The van der Waals surface area contributed by atoms with E-state index < -0.39 is 0 Å². The minimum absolute atomic E-state index is 0.163. The van der Waals surface area contributed by atoms with E-state index in [-0.39, 0.29) is 11.5 Å². The minimum atomic E-state index is -0.163. The molecule has 0 aliphatic carbocycles. The quantitative estimate of drug-likeness (QED) is 0.907. The molecule has 0 saturated carbocycles. The molecule has 0 amide bonds. The number of hydrogen-bond acceptors (Lipinski definition) is 4. The largest absolute Gasteiger partial charge is 0.381 e. The molecule has 88 valence electrons. The van der Waals surface area contributed by atoms with Crippen LogP contribution >= 0.6 is 15.9 Å². The number of aromatic amines is 1. The Morgan fingerprint density at radius 3 is 3.12 bits per heavy atom. The van der Waals surface area contributed by atoms with Crippen molar-refractivity contribution >= 4 is 15.9 Å². The zero-order chi connectivity index (χ0) is 11.5. The van der Waals surface area contributed by atoms with Gasteiger partial charge in [0.25, 0.3) is 5.56 Å². The van der Waals surface area contributed by atoms with Crippen molar-refractivity contribution in [1.29, 1.82) is 0 Å². The van der Waals surface area contributed by atoms with Gasteiger partial charge in [-0.05, 0) is 22.4 Å². The molecule has 1 N–H and O–H groups in total. The van der Waals surface area contributed by atoms with Gasteiger partial charge in [0.15, 0.2) is 0 Å². The molecule has 0 radical (unpaired) electrons. The van der Waals surface area contributed by atoms with E-state index >= 15 is 0 Å². The van der Waals surface area contributed by atoms with Crippen LogP contribution in [0.25, 0.3) is 0 Å². The Bertz CT molecular complexity index is 427. The number of aromatic nitrogens is 2. The van der Waals surface area contributed by atoms with Gasteiger partial charge in [0.1, 0.15) is 10.3 Å². The average Bonchev–Trinajstić information content (AvgIpc) is 2.78. The van der Waals surface area contributed by atoms with E-state index in [9.17, 15) is 4.79 Å². The standard InChI is InChI=1S/C10H13BrN2O3/c1-15-5-7-8(11)10(14)13-9(12-7)6-2-3-16-4-6/h6H,2-5H2,1H3,(H,12,13,14). The Hall–Kier alpha value is -0.720. The van der Waals surface area contributed by atoms with Crippen molar-refractivity contribution < 1.29 is 9.47 Å². The molecule has 1 unspecified atom stereocenters. The molecule has 1 aromatic heterocycles. The van der Waals surface area contributed by atoms with E-state index in [2.05, 4.69) is 25.9 Å². The number of H-pyrrole nitrogens is 1. The molecule has 1 saturated heterocycles. The molecule has 16 heavy (non-hydrogen) atoms. The maximum atomic E-state index is 11.7. The molecule has 6 heteroatoms. The van der Waals surface area contributed by atoms with E-state index in [1.54, 1.807) is 7.11 Å². The van der Waals surface area contributed by atoms with Gasteiger partial charge in [-0.25, -0.2) is 4.98 Å². The summed E-state index contributed by atoms with van der Waals surface area (Å²) in [5, 5.41) is 0. The second-order valence-electron chi connectivity index (χ2n) is 3.71. The van der Waals surface area contributed by atoms with E-state index in [1.807, 2.05) is 0 Å². The fourth-order valence-electron chi connectivity index (χ4n) is 1.70. The van der Waals surface area contributed by atoms with Crippen LogP contribution in [0.3, 0.4) is 0 Å². The number of nitrogens with one attached hydrogen (secondary N) is 1. The normalized spacial score (nSPS) is 20.2. The van der Waals surface area contributed by atoms with Crippen LogP contribution < -0.4 is 5.56 Å². The summed E-state index contributed by atoms with van der Waals surface area (Å²) in [6, 6.07) is 0. The lowest BCUT2D eigenvalue weighted by Crippen LogP contribution is -2.18. The first-order chi connectivity index (χ1) is 7.72. The predicted octanol–water partition coefficient (Wildman–Crippen LogP) is 1.18. The van der Waals surface area contributed by atoms with Gasteiger partial charge in [0.05, 0.1) is 18.9 Å². The van der Waals surface area contributed by atoms with Crippen LogP contribution in [0.2, 0.25) is 0 Å². The first-order valence-corrected chi connectivity index (χ1v) is 5.87. The molecule has 1 aromatic rings. The van der Waals surface area contributed by atoms with Gasteiger partial charge in [0, 0.05) is 19.6 Å². The molecule has 1 atom stereocenters. The topological polar surface area (TPSA) is 64.2 Å². The van der Waals surface area contributed by atoms with Crippen LogP contribution in [0, 0.1) is 0 Å². The fourth-order valence-corrected chi connectivity index (χ4v) is 2.00. The molecule has 2 rings (SSSR count). The molecule has 0 bridgehead atoms. The summed E-state index contributed by atoms with van der Waals surface area (Å²) < 4.78 is 10.7. The molecular weight excluding hydrogens is 276 g/mol. The third-order valence-electron chi connectivity index (χ3n) is 2.55. The zero-order valence-electron chi connectivity index (χ0n) is 8.96. The lowest BCUT2D eigenvalue weighted by Gasteiger charge is -2.09. The molecule has 0 spiro atoms. The molecule has 0 aromatic carbocycles. The number of hydrogen-bond donors (Lipinski definition) is 1. The fraction of sp³-hybridized carbons (Fsp3) is 0.600. The summed E-state index contributed by atoms with van der Waals surface area (Å²) in [6.45, 7) is 1.67. The van der Waals surface area contributed by atoms with Crippen molar-refractivity contribution in [1.82, 2.24) is 9.97 Å².